The van der Waals surface area contributed by atoms with Gasteiger partial charge in [-0.05, 0) is 19.4 Å². The molecule has 2 aliphatic rings. The Labute approximate surface area is 96.1 Å². The predicted molar refractivity (Wildman–Crippen MR) is 59.2 cm³/mol. The lowest BCUT2D eigenvalue weighted by Crippen LogP contribution is -2.50. The molecule has 2 saturated heterocycles. The Morgan fingerprint density at radius 3 is 3.31 bits per heavy atom. The van der Waals surface area contributed by atoms with Crippen molar-refractivity contribution in [2.45, 2.75) is 25.0 Å². The minimum atomic E-state index is -0.0744. The van der Waals surface area contributed by atoms with Gasteiger partial charge in [0.1, 0.15) is 6.61 Å². The molecule has 5 nitrogen and oxygen atoms in total. The molecular formula is C11H20N2O3. The van der Waals surface area contributed by atoms with E-state index in [1.165, 1.54) is 26.5 Å². The van der Waals surface area contributed by atoms with Crippen molar-refractivity contribution in [2.75, 3.05) is 40.0 Å². The van der Waals surface area contributed by atoms with E-state index in [0.717, 1.165) is 13.2 Å². The second-order valence-corrected chi connectivity index (χ2v) is 4.48. The number of methoxy groups -OCH3 is 1. The lowest BCUT2D eigenvalue weighted by atomic mass is 10.2. The summed E-state index contributed by atoms with van der Waals surface area (Å²) in [7, 11) is 1.52. The Morgan fingerprint density at radius 1 is 1.62 bits per heavy atom. The van der Waals surface area contributed by atoms with Gasteiger partial charge in [-0.3, -0.25) is 9.69 Å². The van der Waals surface area contributed by atoms with E-state index < -0.39 is 0 Å². The van der Waals surface area contributed by atoms with E-state index >= 15 is 0 Å². The highest BCUT2D eigenvalue weighted by Gasteiger charge is 2.32. The maximum atomic E-state index is 11.2. The van der Waals surface area contributed by atoms with E-state index in [0.29, 0.717) is 12.6 Å². The maximum Gasteiger partial charge on any atom is 0.246 e. The molecule has 0 radical (unpaired) electrons. The number of hydrogen-bond donors (Lipinski definition) is 1. The fourth-order valence-corrected chi connectivity index (χ4v) is 2.42. The standard InChI is InChI=1S/C11H20N2O3/c1-15-8-11(14)12-5-10-6-13-4-2-3-9(13)7-16-10/h9-10H,2-8H2,1H3,(H,12,14). The highest BCUT2D eigenvalue weighted by Crippen LogP contribution is 2.22. The minimum absolute atomic E-state index is 0.0744. The van der Waals surface area contributed by atoms with Gasteiger partial charge in [-0.15, -0.1) is 0 Å². The second-order valence-electron chi connectivity index (χ2n) is 4.48. The number of hydrogen-bond acceptors (Lipinski definition) is 4. The lowest BCUT2D eigenvalue weighted by molar-refractivity contribution is -0.126. The first-order valence-corrected chi connectivity index (χ1v) is 5.91. The van der Waals surface area contributed by atoms with Crippen molar-refractivity contribution in [2.24, 2.45) is 0 Å². The smallest absolute Gasteiger partial charge is 0.246 e. The molecule has 0 aromatic heterocycles. The monoisotopic (exact) mass is 228 g/mol. The first-order chi connectivity index (χ1) is 7.79. The summed E-state index contributed by atoms with van der Waals surface area (Å²) in [6, 6.07) is 0.617. The molecule has 1 amide bonds. The fourth-order valence-electron chi connectivity index (χ4n) is 2.42. The van der Waals surface area contributed by atoms with Crippen LogP contribution in [0.3, 0.4) is 0 Å². The van der Waals surface area contributed by atoms with Crippen LogP contribution in [0.1, 0.15) is 12.8 Å². The van der Waals surface area contributed by atoms with E-state index in [2.05, 4.69) is 10.2 Å². The van der Waals surface area contributed by atoms with Crippen LogP contribution >= 0.6 is 0 Å². The maximum absolute atomic E-state index is 11.2. The van der Waals surface area contributed by atoms with E-state index in [4.69, 9.17) is 9.47 Å². The number of amides is 1. The zero-order valence-electron chi connectivity index (χ0n) is 9.78. The van der Waals surface area contributed by atoms with Gasteiger partial charge in [0.25, 0.3) is 0 Å². The summed E-state index contributed by atoms with van der Waals surface area (Å²) < 4.78 is 10.5. The zero-order chi connectivity index (χ0) is 11.4. The average Bonchev–Trinajstić information content (AvgIpc) is 2.74. The summed E-state index contributed by atoms with van der Waals surface area (Å²) in [6.45, 7) is 3.64. The molecule has 0 aromatic rings. The van der Waals surface area contributed by atoms with Crippen LogP contribution in [0.4, 0.5) is 0 Å². The summed E-state index contributed by atoms with van der Waals surface area (Å²) in [4.78, 5) is 13.7. The van der Waals surface area contributed by atoms with Crippen molar-refractivity contribution in [3.63, 3.8) is 0 Å². The van der Waals surface area contributed by atoms with Gasteiger partial charge in [0.2, 0.25) is 5.91 Å². The lowest BCUT2D eigenvalue weighted by Gasteiger charge is -2.35. The van der Waals surface area contributed by atoms with Crippen LogP contribution in [0.5, 0.6) is 0 Å². The topological polar surface area (TPSA) is 50.8 Å². The fraction of sp³-hybridized carbons (Fsp3) is 0.909. The molecule has 1 N–H and O–H groups in total. The van der Waals surface area contributed by atoms with Gasteiger partial charge >= 0.3 is 0 Å². The predicted octanol–water partition coefficient (Wildman–Crippen LogP) is -0.388. The number of fused-ring (bicyclic) bond motifs is 1. The molecule has 92 valence electrons. The highest BCUT2D eigenvalue weighted by molar-refractivity contribution is 5.77. The van der Waals surface area contributed by atoms with Crippen molar-refractivity contribution in [1.29, 1.82) is 0 Å². The van der Waals surface area contributed by atoms with Crippen LogP contribution < -0.4 is 5.32 Å². The molecule has 0 saturated carbocycles. The Bertz CT molecular complexity index is 247. The largest absolute Gasteiger partial charge is 0.375 e. The van der Waals surface area contributed by atoms with Gasteiger partial charge in [-0.1, -0.05) is 0 Å². The Balaban J connectivity index is 1.69. The molecule has 0 aromatic carbocycles. The summed E-state index contributed by atoms with van der Waals surface area (Å²) in [5.74, 6) is -0.0744. The van der Waals surface area contributed by atoms with Gasteiger partial charge in [0.15, 0.2) is 0 Å². The third-order valence-corrected chi connectivity index (χ3v) is 3.26. The highest BCUT2D eigenvalue weighted by atomic mass is 16.5. The molecule has 2 atom stereocenters. The molecule has 0 aliphatic carbocycles. The molecular weight excluding hydrogens is 208 g/mol. The number of carbonyl (C=O) groups excluding carboxylic acids is 1. The van der Waals surface area contributed by atoms with Crippen LogP contribution in [-0.2, 0) is 14.3 Å². The van der Waals surface area contributed by atoms with E-state index in [-0.39, 0.29) is 18.6 Å². The molecule has 2 aliphatic heterocycles. The Kier molecular flexibility index (Phi) is 4.15. The van der Waals surface area contributed by atoms with E-state index in [1.54, 1.807) is 0 Å². The molecule has 0 bridgehead atoms. The first-order valence-electron chi connectivity index (χ1n) is 5.91. The third-order valence-electron chi connectivity index (χ3n) is 3.26. The number of ether oxygens (including phenoxy) is 2. The molecule has 2 fully saturated rings. The summed E-state index contributed by atoms with van der Waals surface area (Å²) in [6.07, 6.45) is 2.66. The average molecular weight is 228 g/mol. The number of morpholine rings is 1. The van der Waals surface area contributed by atoms with Gasteiger partial charge < -0.3 is 14.8 Å². The molecule has 2 unspecified atom stereocenters. The normalized spacial score (nSPS) is 30.1. The molecule has 16 heavy (non-hydrogen) atoms. The number of rotatable bonds is 4. The molecule has 5 heteroatoms. The minimum Gasteiger partial charge on any atom is -0.375 e. The number of nitrogens with one attached hydrogen (secondary N) is 1. The molecule has 2 rings (SSSR count). The van der Waals surface area contributed by atoms with Gasteiger partial charge in [-0.25, -0.2) is 0 Å². The quantitative estimate of drug-likeness (QED) is 0.712. The summed E-state index contributed by atoms with van der Waals surface area (Å²) >= 11 is 0. The second kappa shape index (κ2) is 5.61. The van der Waals surface area contributed by atoms with Crippen molar-refractivity contribution in [3.8, 4) is 0 Å². The zero-order valence-corrected chi connectivity index (χ0v) is 9.78. The van der Waals surface area contributed by atoms with Crippen molar-refractivity contribution in [3.05, 3.63) is 0 Å². The third kappa shape index (κ3) is 2.93. The van der Waals surface area contributed by atoms with Crippen LogP contribution in [0.2, 0.25) is 0 Å². The van der Waals surface area contributed by atoms with E-state index in [1.807, 2.05) is 0 Å². The Morgan fingerprint density at radius 2 is 2.50 bits per heavy atom. The van der Waals surface area contributed by atoms with Gasteiger partial charge in [-0.2, -0.15) is 0 Å². The van der Waals surface area contributed by atoms with Crippen LogP contribution in [-0.4, -0.2) is 62.9 Å². The SMILES string of the molecule is COCC(=O)NCC1CN2CCCC2CO1. The van der Waals surface area contributed by atoms with Crippen molar-refractivity contribution < 1.29 is 14.3 Å². The van der Waals surface area contributed by atoms with Crippen LogP contribution in [0, 0.1) is 0 Å². The van der Waals surface area contributed by atoms with Crippen molar-refractivity contribution >= 4 is 5.91 Å². The van der Waals surface area contributed by atoms with Gasteiger partial charge in [0, 0.05) is 26.2 Å². The number of nitrogens with zero attached hydrogens (tertiary/aromatic N) is 1. The first kappa shape index (κ1) is 11.8. The van der Waals surface area contributed by atoms with Crippen LogP contribution in [0.15, 0.2) is 0 Å². The Hall–Kier alpha value is -0.650. The van der Waals surface area contributed by atoms with Crippen LogP contribution in [0.25, 0.3) is 0 Å². The van der Waals surface area contributed by atoms with E-state index in [9.17, 15) is 4.79 Å². The molecule has 2 heterocycles. The van der Waals surface area contributed by atoms with Crippen molar-refractivity contribution in [1.82, 2.24) is 10.2 Å². The molecule has 0 spiro atoms. The summed E-state index contributed by atoms with van der Waals surface area (Å²) in [5.41, 5.74) is 0. The number of carbonyl (C=O) groups is 1. The van der Waals surface area contributed by atoms with Gasteiger partial charge in [0.05, 0.1) is 12.7 Å². The summed E-state index contributed by atoms with van der Waals surface area (Å²) in [5, 5.41) is 2.82.